The van der Waals surface area contributed by atoms with E-state index in [9.17, 15) is 9.90 Å². The largest absolute Gasteiger partial charge is 0.393 e. The summed E-state index contributed by atoms with van der Waals surface area (Å²) in [5.41, 5.74) is 3.37. The number of carbonyl (C=O) groups excluding carboxylic acids is 1. The van der Waals surface area contributed by atoms with Crippen LogP contribution in [0.1, 0.15) is 50.3 Å². The van der Waals surface area contributed by atoms with Gasteiger partial charge in [0.1, 0.15) is 5.82 Å². The lowest BCUT2D eigenvalue weighted by Gasteiger charge is -2.41. The van der Waals surface area contributed by atoms with E-state index in [1.54, 1.807) is 6.20 Å². The molecule has 1 aliphatic carbocycles. The molecule has 0 aromatic carbocycles. The van der Waals surface area contributed by atoms with Crippen LogP contribution in [0, 0.1) is 11.3 Å². The van der Waals surface area contributed by atoms with Gasteiger partial charge in [-0.15, -0.1) is 0 Å². The number of anilines is 1. The quantitative estimate of drug-likeness (QED) is 0.645. The lowest BCUT2D eigenvalue weighted by molar-refractivity contribution is -0.126. The van der Waals surface area contributed by atoms with Crippen molar-refractivity contribution in [1.82, 2.24) is 25.2 Å². The Hall–Kier alpha value is -2.19. The number of aliphatic hydroxyl groups is 1. The Balaban J connectivity index is 1.27. The summed E-state index contributed by atoms with van der Waals surface area (Å²) in [5, 5.41) is 21.1. The van der Waals surface area contributed by atoms with Crippen LogP contribution in [0.15, 0.2) is 12.3 Å². The van der Waals surface area contributed by atoms with Crippen molar-refractivity contribution < 1.29 is 9.90 Å². The highest BCUT2D eigenvalue weighted by Crippen LogP contribution is 2.41. The average Bonchev–Trinajstić information content (AvgIpc) is 3.29. The van der Waals surface area contributed by atoms with Crippen LogP contribution in [0.5, 0.6) is 0 Å². The van der Waals surface area contributed by atoms with Crippen LogP contribution in [0.25, 0.3) is 5.65 Å². The van der Waals surface area contributed by atoms with E-state index in [2.05, 4.69) is 20.6 Å². The molecule has 1 amide bonds. The summed E-state index contributed by atoms with van der Waals surface area (Å²) in [6.07, 6.45) is 8.71. The maximum Gasteiger partial charge on any atom is 0.226 e. The molecule has 5 rings (SSSR count). The molecule has 1 saturated carbocycles. The zero-order chi connectivity index (χ0) is 21.4. The Morgan fingerprint density at radius 1 is 1.32 bits per heavy atom. The summed E-state index contributed by atoms with van der Waals surface area (Å²) in [7, 11) is 0. The van der Waals surface area contributed by atoms with Gasteiger partial charge in [-0.05, 0) is 44.6 Å². The van der Waals surface area contributed by atoms with Crippen LogP contribution in [-0.4, -0.2) is 64.4 Å². The number of aromatic nitrogens is 3. The average molecular weight is 427 g/mol. The molecule has 4 heterocycles. The van der Waals surface area contributed by atoms with Crippen molar-refractivity contribution in [3.05, 3.63) is 23.5 Å². The van der Waals surface area contributed by atoms with Crippen LogP contribution in [0.4, 0.5) is 5.82 Å². The van der Waals surface area contributed by atoms with Gasteiger partial charge in [0.05, 0.1) is 23.9 Å². The molecular formula is C23H34N6O2. The van der Waals surface area contributed by atoms with Crippen LogP contribution < -0.4 is 15.5 Å². The minimum atomic E-state index is -0.317. The van der Waals surface area contributed by atoms with Gasteiger partial charge in [-0.1, -0.05) is 12.8 Å². The van der Waals surface area contributed by atoms with Crippen molar-refractivity contribution in [3.8, 4) is 0 Å². The lowest BCUT2D eigenvalue weighted by Crippen LogP contribution is -2.55. The first kappa shape index (κ1) is 20.7. The van der Waals surface area contributed by atoms with E-state index < -0.39 is 0 Å². The summed E-state index contributed by atoms with van der Waals surface area (Å²) in [6.45, 7) is 5.87. The van der Waals surface area contributed by atoms with Crippen molar-refractivity contribution in [2.75, 3.05) is 37.6 Å². The highest BCUT2D eigenvalue weighted by atomic mass is 16.3. The smallest absolute Gasteiger partial charge is 0.226 e. The number of hydrogen-bond acceptors (Lipinski definition) is 6. The van der Waals surface area contributed by atoms with Gasteiger partial charge in [0, 0.05) is 44.2 Å². The van der Waals surface area contributed by atoms with Crippen LogP contribution in [0.2, 0.25) is 0 Å². The second-order valence-electron chi connectivity index (χ2n) is 9.79. The Kier molecular flexibility index (Phi) is 5.60. The number of aliphatic hydroxyl groups excluding tert-OH is 1. The third-order valence-corrected chi connectivity index (χ3v) is 7.36. The summed E-state index contributed by atoms with van der Waals surface area (Å²) >= 11 is 0. The number of carbonyl (C=O) groups is 1. The van der Waals surface area contributed by atoms with Crippen LogP contribution >= 0.6 is 0 Å². The molecule has 31 heavy (non-hydrogen) atoms. The Bertz CT molecular complexity index is 943. The molecule has 2 aromatic rings. The first-order valence-electron chi connectivity index (χ1n) is 11.8. The number of hydrogen-bond donors (Lipinski definition) is 3. The van der Waals surface area contributed by atoms with Gasteiger partial charge >= 0.3 is 0 Å². The lowest BCUT2D eigenvalue weighted by atomic mass is 9.80. The predicted molar refractivity (Wildman–Crippen MR) is 119 cm³/mol. The Morgan fingerprint density at radius 3 is 2.87 bits per heavy atom. The van der Waals surface area contributed by atoms with Gasteiger partial charge in [-0.3, -0.25) is 4.79 Å². The van der Waals surface area contributed by atoms with Gasteiger partial charge in [0.15, 0.2) is 5.65 Å². The molecule has 1 unspecified atom stereocenters. The number of amides is 1. The van der Waals surface area contributed by atoms with Crippen molar-refractivity contribution >= 4 is 17.4 Å². The summed E-state index contributed by atoms with van der Waals surface area (Å²) in [4.78, 5) is 20.0. The van der Waals surface area contributed by atoms with Crippen LogP contribution in [0.3, 0.4) is 0 Å². The van der Waals surface area contributed by atoms with E-state index >= 15 is 0 Å². The first-order valence-corrected chi connectivity index (χ1v) is 11.8. The molecule has 2 fully saturated rings. The second-order valence-corrected chi connectivity index (χ2v) is 9.79. The highest BCUT2D eigenvalue weighted by molar-refractivity contribution is 5.82. The van der Waals surface area contributed by atoms with E-state index in [1.165, 1.54) is 18.4 Å². The Labute approximate surface area is 183 Å². The van der Waals surface area contributed by atoms with Crippen molar-refractivity contribution in [2.45, 2.75) is 58.0 Å². The monoisotopic (exact) mass is 426 g/mol. The first-order chi connectivity index (χ1) is 15.0. The normalized spacial score (nSPS) is 22.1. The zero-order valence-electron chi connectivity index (χ0n) is 18.4. The third-order valence-electron chi connectivity index (χ3n) is 7.36. The molecule has 0 bridgehead atoms. The number of rotatable bonds is 6. The van der Waals surface area contributed by atoms with E-state index in [-0.39, 0.29) is 23.3 Å². The van der Waals surface area contributed by atoms with Crippen molar-refractivity contribution in [1.29, 1.82) is 0 Å². The predicted octanol–water partition coefficient (Wildman–Crippen LogP) is 1.30. The molecule has 3 aliphatic rings. The summed E-state index contributed by atoms with van der Waals surface area (Å²) < 4.78 is 1.94. The van der Waals surface area contributed by atoms with Crippen LogP contribution in [-0.2, 0) is 17.6 Å². The minimum Gasteiger partial charge on any atom is -0.393 e. The fourth-order valence-electron chi connectivity index (χ4n) is 5.78. The maximum atomic E-state index is 12.9. The molecule has 2 aromatic heterocycles. The fourth-order valence-corrected chi connectivity index (χ4v) is 5.78. The molecule has 0 spiro atoms. The molecule has 168 valence electrons. The van der Waals surface area contributed by atoms with Gasteiger partial charge in [-0.25, -0.2) is 4.98 Å². The minimum absolute atomic E-state index is 0.00309. The molecule has 0 radical (unpaired) electrons. The van der Waals surface area contributed by atoms with Gasteiger partial charge in [0.2, 0.25) is 5.91 Å². The molecular weight excluding hydrogens is 392 g/mol. The molecule has 1 saturated heterocycles. The number of nitrogens with one attached hydrogen (secondary N) is 2. The molecule has 2 aliphatic heterocycles. The Morgan fingerprint density at radius 2 is 2.10 bits per heavy atom. The second kappa shape index (κ2) is 8.39. The van der Waals surface area contributed by atoms with E-state index in [0.29, 0.717) is 19.6 Å². The third kappa shape index (κ3) is 4.03. The number of nitrogens with zero attached hydrogens (tertiary/aromatic N) is 4. The highest BCUT2D eigenvalue weighted by Gasteiger charge is 2.39. The molecule has 1 atom stereocenters. The summed E-state index contributed by atoms with van der Waals surface area (Å²) in [6, 6.07) is 1.95. The van der Waals surface area contributed by atoms with Gasteiger partial charge in [0.25, 0.3) is 0 Å². The van der Waals surface area contributed by atoms with E-state index in [0.717, 1.165) is 62.4 Å². The molecule has 8 nitrogen and oxygen atoms in total. The van der Waals surface area contributed by atoms with Gasteiger partial charge < -0.3 is 20.6 Å². The van der Waals surface area contributed by atoms with E-state index in [4.69, 9.17) is 4.98 Å². The number of fused-ring (bicyclic) bond motifs is 2. The van der Waals surface area contributed by atoms with E-state index in [1.807, 2.05) is 17.5 Å². The summed E-state index contributed by atoms with van der Waals surface area (Å²) in [5.74, 6) is 1.26. The maximum absolute atomic E-state index is 12.9. The molecule has 8 heteroatoms. The standard InChI is InChI=1S/C23H34N6O2/c1-16(30)12-23(7-2-3-8-23)15-25-21(31)17-13-28(14-17)22-18-4-9-24-10-5-19(18)27-20-6-11-26-29(20)22/h6,11,16-17,24,30H,2-5,7-10,12-15H2,1H3,(H,25,31). The zero-order valence-corrected chi connectivity index (χ0v) is 18.4. The van der Waals surface area contributed by atoms with Crippen molar-refractivity contribution in [3.63, 3.8) is 0 Å². The SMILES string of the molecule is CC(O)CC1(CNC(=O)C2CN(c3c4c(nc5ccnn35)CCNCC4)C2)CCCC1. The van der Waals surface area contributed by atoms with Crippen molar-refractivity contribution in [2.24, 2.45) is 11.3 Å². The fraction of sp³-hybridized carbons (Fsp3) is 0.696. The topological polar surface area (TPSA) is 94.8 Å². The molecule has 3 N–H and O–H groups in total. The van der Waals surface area contributed by atoms with Gasteiger partial charge in [-0.2, -0.15) is 9.61 Å².